The number of thiophene rings is 1. The van der Waals surface area contributed by atoms with Gasteiger partial charge in [-0.15, -0.1) is 21.5 Å². The Bertz CT molecular complexity index is 388. The Labute approximate surface area is 90.3 Å². The SMILES string of the molecule is Clc1ccc(OCc2cccs2)nn1. The molecule has 14 heavy (non-hydrogen) atoms. The van der Waals surface area contributed by atoms with Crippen molar-refractivity contribution in [3.63, 3.8) is 0 Å². The summed E-state index contributed by atoms with van der Waals surface area (Å²) in [5.74, 6) is 0.489. The van der Waals surface area contributed by atoms with E-state index in [1.165, 1.54) is 0 Å². The van der Waals surface area contributed by atoms with E-state index in [2.05, 4.69) is 10.2 Å². The van der Waals surface area contributed by atoms with Gasteiger partial charge in [-0.25, -0.2) is 0 Å². The molecule has 2 rings (SSSR count). The molecule has 0 aromatic carbocycles. The van der Waals surface area contributed by atoms with E-state index >= 15 is 0 Å². The smallest absolute Gasteiger partial charge is 0.233 e. The van der Waals surface area contributed by atoms with Gasteiger partial charge in [-0.3, -0.25) is 0 Å². The summed E-state index contributed by atoms with van der Waals surface area (Å²) in [5.41, 5.74) is 0. The van der Waals surface area contributed by atoms with Crippen LogP contribution in [0.15, 0.2) is 29.6 Å². The summed E-state index contributed by atoms with van der Waals surface area (Å²) in [4.78, 5) is 1.15. The number of hydrogen-bond acceptors (Lipinski definition) is 4. The van der Waals surface area contributed by atoms with Crippen LogP contribution in [0.25, 0.3) is 0 Å². The van der Waals surface area contributed by atoms with E-state index in [1.54, 1.807) is 23.5 Å². The van der Waals surface area contributed by atoms with Gasteiger partial charge in [-0.1, -0.05) is 17.7 Å². The van der Waals surface area contributed by atoms with Crippen LogP contribution in [0.5, 0.6) is 5.88 Å². The quantitative estimate of drug-likeness (QED) is 0.807. The number of ether oxygens (including phenoxy) is 1. The second kappa shape index (κ2) is 4.39. The lowest BCUT2D eigenvalue weighted by atomic mass is 10.5. The molecule has 2 heterocycles. The third-order valence-corrected chi connectivity index (χ3v) is 2.60. The Morgan fingerprint density at radius 3 is 2.86 bits per heavy atom. The zero-order valence-corrected chi connectivity index (χ0v) is 8.76. The molecule has 0 saturated heterocycles. The number of nitrogens with zero attached hydrogens (tertiary/aromatic N) is 2. The highest BCUT2D eigenvalue weighted by Crippen LogP contribution is 2.13. The lowest BCUT2D eigenvalue weighted by Gasteiger charge is -2.01. The minimum absolute atomic E-state index is 0.369. The Morgan fingerprint density at radius 1 is 1.29 bits per heavy atom. The van der Waals surface area contributed by atoms with Crippen LogP contribution in [0, 0.1) is 0 Å². The molecule has 0 atom stereocenters. The van der Waals surface area contributed by atoms with E-state index in [0.717, 1.165) is 4.88 Å². The highest BCUT2D eigenvalue weighted by molar-refractivity contribution is 7.09. The molecule has 0 aliphatic rings. The van der Waals surface area contributed by atoms with Crippen LogP contribution in [0.1, 0.15) is 4.88 Å². The minimum Gasteiger partial charge on any atom is -0.471 e. The van der Waals surface area contributed by atoms with Gasteiger partial charge in [0.25, 0.3) is 0 Å². The number of hydrogen-bond donors (Lipinski definition) is 0. The first-order valence-electron chi connectivity index (χ1n) is 3.99. The first kappa shape index (κ1) is 9.43. The first-order valence-corrected chi connectivity index (χ1v) is 5.25. The largest absolute Gasteiger partial charge is 0.471 e. The summed E-state index contributed by atoms with van der Waals surface area (Å²) in [5, 5.41) is 9.83. The van der Waals surface area contributed by atoms with Gasteiger partial charge in [0.05, 0.1) is 0 Å². The van der Waals surface area contributed by atoms with Crippen molar-refractivity contribution in [1.82, 2.24) is 10.2 Å². The molecule has 0 spiro atoms. The van der Waals surface area contributed by atoms with E-state index < -0.39 is 0 Å². The second-order valence-electron chi connectivity index (χ2n) is 2.56. The Morgan fingerprint density at radius 2 is 2.21 bits per heavy atom. The molecule has 0 bridgehead atoms. The standard InChI is InChI=1S/C9H7ClN2OS/c10-8-3-4-9(12-11-8)13-6-7-2-1-5-14-7/h1-5H,6H2. The van der Waals surface area contributed by atoms with Gasteiger partial charge < -0.3 is 4.74 Å². The molecule has 5 heteroatoms. The van der Waals surface area contributed by atoms with Crippen molar-refractivity contribution in [3.05, 3.63) is 39.7 Å². The molecule has 2 aromatic heterocycles. The molecule has 72 valence electrons. The third-order valence-electron chi connectivity index (χ3n) is 1.55. The molecule has 0 unspecified atom stereocenters. The topological polar surface area (TPSA) is 35.0 Å². The van der Waals surface area contributed by atoms with Crippen LogP contribution in [-0.2, 0) is 6.61 Å². The maximum Gasteiger partial charge on any atom is 0.233 e. The fourth-order valence-corrected chi connectivity index (χ4v) is 1.64. The number of halogens is 1. The summed E-state index contributed by atoms with van der Waals surface area (Å²) in [7, 11) is 0. The fourth-order valence-electron chi connectivity index (χ4n) is 0.921. The highest BCUT2D eigenvalue weighted by atomic mass is 35.5. The molecule has 2 aromatic rings. The van der Waals surface area contributed by atoms with Gasteiger partial charge >= 0.3 is 0 Å². The molecule has 0 saturated carbocycles. The molecule has 0 amide bonds. The maximum atomic E-state index is 5.58. The molecule has 0 N–H and O–H groups in total. The van der Waals surface area contributed by atoms with Gasteiger partial charge in [-0.05, 0) is 17.5 Å². The zero-order valence-electron chi connectivity index (χ0n) is 7.18. The molecule has 0 fully saturated rings. The summed E-state index contributed by atoms with van der Waals surface area (Å²) in [6.07, 6.45) is 0. The Hall–Kier alpha value is -1.13. The van der Waals surface area contributed by atoms with Crippen molar-refractivity contribution in [2.45, 2.75) is 6.61 Å². The monoisotopic (exact) mass is 226 g/mol. The lowest BCUT2D eigenvalue weighted by molar-refractivity contribution is 0.293. The van der Waals surface area contributed by atoms with Crippen LogP contribution in [0.2, 0.25) is 5.15 Å². The van der Waals surface area contributed by atoms with Gasteiger partial charge in [0.1, 0.15) is 6.61 Å². The Kier molecular flexibility index (Phi) is 2.96. The van der Waals surface area contributed by atoms with Crippen molar-refractivity contribution in [2.24, 2.45) is 0 Å². The normalized spacial score (nSPS) is 10.1. The van der Waals surface area contributed by atoms with Crippen molar-refractivity contribution in [3.8, 4) is 5.88 Å². The first-order chi connectivity index (χ1) is 6.84. The van der Waals surface area contributed by atoms with Gasteiger partial charge in [0, 0.05) is 10.9 Å². The van der Waals surface area contributed by atoms with E-state index in [0.29, 0.717) is 17.6 Å². The predicted octanol–water partition coefficient (Wildman–Crippen LogP) is 2.77. The highest BCUT2D eigenvalue weighted by Gasteiger charge is 1.98. The van der Waals surface area contributed by atoms with Gasteiger partial charge in [-0.2, -0.15) is 0 Å². The molecular weight excluding hydrogens is 220 g/mol. The van der Waals surface area contributed by atoms with Gasteiger partial charge in [0.2, 0.25) is 5.88 Å². The maximum absolute atomic E-state index is 5.58. The van der Waals surface area contributed by atoms with E-state index in [-0.39, 0.29) is 0 Å². The van der Waals surface area contributed by atoms with Crippen LogP contribution < -0.4 is 4.74 Å². The average molecular weight is 227 g/mol. The van der Waals surface area contributed by atoms with Crippen molar-refractivity contribution < 1.29 is 4.74 Å². The lowest BCUT2D eigenvalue weighted by Crippen LogP contribution is -1.96. The summed E-state index contributed by atoms with van der Waals surface area (Å²) in [6.45, 7) is 0.522. The Balaban J connectivity index is 1.95. The molecule has 0 aliphatic carbocycles. The van der Waals surface area contributed by atoms with Crippen LogP contribution in [0.3, 0.4) is 0 Å². The zero-order chi connectivity index (χ0) is 9.80. The van der Waals surface area contributed by atoms with Crippen LogP contribution in [-0.4, -0.2) is 10.2 Å². The summed E-state index contributed by atoms with van der Waals surface area (Å²) in [6, 6.07) is 7.34. The van der Waals surface area contributed by atoms with Crippen molar-refractivity contribution >= 4 is 22.9 Å². The van der Waals surface area contributed by atoms with Crippen LogP contribution >= 0.6 is 22.9 Å². The van der Waals surface area contributed by atoms with Crippen molar-refractivity contribution in [1.29, 1.82) is 0 Å². The average Bonchev–Trinajstić information content (AvgIpc) is 2.70. The summed E-state index contributed by atoms with van der Waals surface area (Å²) < 4.78 is 5.38. The van der Waals surface area contributed by atoms with Crippen LogP contribution in [0.4, 0.5) is 0 Å². The third kappa shape index (κ3) is 2.43. The van der Waals surface area contributed by atoms with E-state index in [4.69, 9.17) is 16.3 Å². The second-order valence-corrected chi connectivity index (χ2v) is 3.98. The predicted molar refractivity (Wildman–Crippen MR) is 55.7 cm³/mol. The number of rotatable bonds is 3. The van der Waals surface area contributed by atoms with E-state index in [1.807, 2.05) is 17.5 Å². The van der Waals surface area contributed by atoms with Crippen molar-refractivity contribution in [2.75, 3.05) is 0 Å². The molecular formula is C9H7ClN2OS. The van der Waals surface area contributed by atoms with E-state index in [9.17, 15) is 0 Å². The molecule has 0 aliphatic heterocycles. The summed E-state index contributed by atoms with van der Waals surface area (Å²) >= 11 is 7.23. The number of aromatic nitrogens is 2. The molecule has 3 nitrogen and oxygen atoms in total. The minimum atomic E-state index is 0.369. The van der Waals surface area contributed by atoms with Gasteiger partial charge in [0.15, 0.2) is 5.15 Å². The fraction of sp³-hybridized carbons (Fsp3) is 0.111. The molecule has 0 radical (unpaired) electrons.